The molecule has 3 amide bonds. The van der Waals surface area contributed by atoms with Crippen molar-refractivity contribution >= 4 is 17.6 Å². The summed E-state index contributed by atoms with van der Waals surface area (Å²) in [6.45, 7) is 7.78. The van der Waals surface area contributed by atoms with Crippen molar-refractivity contribution in [2.45, 2.75) is 52.0 Å². The standard InChI is InChI=1S/C23H36N4O2/c1-4-13-25(3)22(28)21(19-7-5-6-8-19)26-14-16-27(17-15-26)23(29)24-20-11-9-18(2)10-12-20/h9-12,19,21H,4-8,13-17H2,1-3H3,(H,24,29). The van der Waals surface area contributed by atoms with Crippen LogP contribution < -0.4 is 5.32 Å². The van der Waals surface area contributed by atoms with Gasteiger partial charge in [-0.1, -0.05) is 37.5 Å². The second-order valence-corrected chi connectivity index (χ2v) is 8.57. The summed E-state index contributed by atoms with van der Waals surface area (Å²) in [6.07, 6.45) is 5.72. The first-order valence-corrected chi connectivity index (χ1v) is 11.1. The van der Waals surface area contributed by atoms with E-state index in [2.05, 4.69) is 17.1 Å². The Kier molecular flexibility index (Phi) is 7.53. The van der Waals surface area contributed by atoms with Gasteiger partial charge in [-0.3, -0.25) is 9.69 Å². The zero-order valence-corrected chi connectivity index (χ0v) is 18.2. The molecule has 1 heterocycles. The number of hydrogen-bond donors (Lipinski definition) is 1. The summed E-state index contributed by atoms with van der Waals surface area (Å²) in [7, 11) is 1.93. The van der Waals surface area contributed by atoms with Crippen molar-refractivity contribution in [3.63, 3.8) is 0 Å². The maximum Gasteiger partial charge on any atom is 0.321 e. The van der Waals surface area contributed by atoms with Gasteiger partial charge in [-0.25, -0.2) is 4.79 Å². The summed E-state index contributed by atoms with van der Waals surface area (Å²) in [5.74, 6) is 0.714. The molecule has 0 bridgehead atoms. The Labute approximate surface area is 175 Å². The van der Waals surface area contributed by atoms with Gasteiger partial charge in [0.05, 0.1) is 6.04 Å². The van der Waals surface area contributed by atoms with E-state index in [0.29, 0.717) is 19.0 Å². The molecule has 1 saturated carbocycles. The van der Waals surface area contributed by atoms with E-state index in [4.69, 9.17) is 0 Å². The Morgan fingerprint density at radius 3 is 2.31 bits per heavy atom. The van der Waals surface area contributed by atoms with Gasteiger partial charge < -0.3 is 15.1 Å². The van der Waals surface area contributed by atoms with E-state index in [1.165, 1.54) is 18.4 Å². The van der Waals surface area contributed by atoms with Crippen LogP contribution >= 0.6 is 0 Å². The number of benzene rings is 1. The Morgan fingerprint density at radius 2 is 1.72 bits per heavy atom. The number of carbonyl (C=O) groups is 2. The number of aryl methyl sites for hydroxylation is 1. The van der Waals surface area contributed by atoms with Gasteiger partial charge in [0.2, 0.25) is 5.91 Å². The molecule has 1 atom stereocenters. The third-order valence-corrected chi connectivity index (χ3v) is 6.33. The molecule has 2 aliphatic rings. The SMILES string of the molecule is CCCN(C)C(=O)C(C1CCCC1)N1CCN(C(=O)Nc2ccc(C)cc2)CC1. The topological polar surface area (TPSA) is 55.9 Å². The van der Waals surface area contributed by atoms with Crippen LogP contribution in [-0.4, -0.2) is 72.5 Å². The van der Waals surface area contributed by atoms with Crippen molar-refractivity contribution in [1.82, 2.24) is 14.7 Å². The summed E-state index contributed by atoms with van der Waals surface area (Å²) in [6, 6.07) is 7.77. The molecular formula is C23H36N4O2. The van der Waals surface area contributed by atoms with Gasteiger partial charge in [0, 0.05) is 45.5 Å². The first kappa shape index (κ1) is 21.6. The van der Waals surface area contributed by atoms with Crippen LogP contribution in [0.15, 0.2) is 24.3 Å². The van der Waals surface area contributed by atoms with Gasteiger partial charge >= 0.3 is 6.03 Å². The minimum absolute atomic E-state index is 0.0311. The van der Waals surface area contributed by atoms with Crippen LogP contribution in [0.1, 0.15) is 44.6 Å². The third kappa shape index (κ3) is 5.50. The van der Waals surface area contributed by atoms with Gasteiger partial charge in [0.25, 0.3) is 0 Å². The first-order chi connectivity index (χ1) is 14.0. The molecule has 1 aromatic rings. The molecule has 0 spiro atoms. The minimum Gasteiger partial charge on any atom is -0.344 e. The molecule has 1 N–H and O–H groups in total. The summed E-state index contributed by atoms with van der Waals surface area (Å²) in [5, 5.41) is 2.99. The quantitative estimate of drug-likeness (QED) is 0.794. The fourth-order valence-corrected chi connectivity index (χ4v) is 4.64. The Bertz CT molecular complexity index is 677. The second-order valence-electron chi connectivity index (χ2n) is 8.57. The number of nitrogens with one attached hydrogen (secondary N) is 1. The number of hydrogen-bond acceptors (Lipinski definition) is 3. The molecule has 0 aromatic heterocycles. The zero-order valence-electron chi connectivity index (χ0n) is 18.2. The van der Waals surface area contributed by atoms with E-state index in [1.54, 1.807) is 0 Å². The largest absolute Gasteiger partial charge is 0.344 e. The van der Waals surface area contributed by atoms with Crippen molar-refractivity contribution in [2.75, 3.05) is 45.1 Å². The summed E-state index contributed by atoms with van der Waals surface area (Å²) in [4.78, 5) is 31.9. The summed E-state index contributed by atoms with van der Waals surface area (Å²) >= 11 is 0. The van der Waals surface area contributed by atoms with Crippen LogP contribution in [0, 0.1) is 12.8 Å². The van der Waals surface area contributed by atoms with Crippen LogP contribution in [0.2, 0.25) is 0 Å². The number of urea groups is 1. The van der Waals surface area contributed by atoms with E-state index in [-0.39, 0.29) is 18.0 Å². The molecule has 2 fully saturated rings. The Hall–Kier alpha value is -2.08. The fourth-order valence-electron chi connectivity index (χ4n) is 4.64. The lowest BCUT2D eigenvalue weighted by atomic mass is 9.94. The van der Waals surface area contributed by atoms with Crippen molar-refractivity contribution in [2.24, 2.45) is 5.92 Å². The van der Waals surface area contributed by atoms with Crippen LogP contribution in [0.3, 0.4) is 0 Å². The number of piperazine rings is 1. The van der Waals surface area contributed by atoms with Crippen molar-refractivity contribution in [1.29, 1.82) is 0 Å². The molecule has 1 unspecified atom stereocenters. The van der Waals surface area contributed by atoms with Crippen LogP contribution in [-0.2, 0) is 4.79 Å². The molecule has 1 aromatic carbocycles. The highest BCUT2D eigenvalue weighted by atomic mass is 16.2. The van der Waals surface area contributed by atoms with Gasteiger partial charge in [-0.2, -0.15) is 0 Å². The second kappa shape index (κ2) is 10.1. The lowest BCUT2D eigenvalue weighted by Crippen LogP contribution is -2.58. The number of anilines is 1. The number of likely N-dealkylation sites (N-methyl/N-ethyl adjacent to an activating group) is 1. The van der Waals surface area contributed by atoms with Crippen LogP contribution in [0.5, 0.6) is 0 Å². The van der Waals surface area contributed by atoms with Crippen LogP contribution in [0.25, 0.3) is 0 Å². The summed E-state index contributed by atoms with van der Waals surface area (Å²) < 4.78 is 0. The molecule has 0 radical (unpaired) electrons. The Balaban J connectivity index is 1.59. The smallest absolute Gasteiger partial charge is 0.321 e. The average Bonchev–Trinajstić information content (AvgIpc) is 3.25. The molecule has 3 rings (SSSR count). The Morgan fingerprint density at radius 1 is 1.10 bits per heavy atom. The highest BCUT2D eigenvalue weighted by Crippen LogP contribution is 2.32. The van der Waals surface area contributed by atoms with Crippen molar-refractivity contribution in [3.8, 4) is 0 Å². The molecular weight excluding hydrogens is 364 g/mol. The molecule has 29 heavy (non-hydrogen) atoms. The number of carbonyl (C=O) groups excluding carboxylic acids is 2. The highest BCUT2D eigenvalue weighted by molar-refractivity contribution is 5.89. The molecule has 1 aliphatic carbocycles. The number of amides is 3. The van der Waals surface area contributed by atoms with E-state index in [9.17, 15) is 9.59 Å². The highest BCUT2D eigenvalue weighted by Gasteiger charge is 2.38. The zero-order chi connectivity index (χ0) is 20.8. The lowest BCUT2D eigenvalue weighted by molar-refractivity contribution is -0.138. The normalized spacial score (nSPS) is 19.2. The van der Waals surface area contributed by atoms with E-state index in [1.807, 2.05) is 48.0 Å². The van der Waals surface area contributed by atoms with Crippen LogP contribution in [0.4, 0.5) is 10.5 Å². The van der Waals surface area contributed by atoms with Gasteiger partial charge in [0.1, 0.15) is 0 Å². The summed E-state index contributed by atoms with van der Waals surface area (Å²) in [5.41, 5.74) is 2.00. The van der Waals surface area contributed by atoms with E-state index in [0.717, 1.165) is 44.6 Å². The predicted molar refractivity (Wildman–Crippen MR) is 117 cm³/mol. The van der Waals surface area contributed by atoms with Crippen molar-refractivity contribution < 1.29 is 9.59 Å². The number of rotatable bonds is 6. The van der Waals surface area contributed by atoms with Gasteiger partial charge in [0.15, 0.2) is 0 Å². The van der Waals surface area contributed by atoms with Gasteiger partial charge in [-0.15, -0.1) is 0 Å². The molecule has 6 heteroatoms. The minimum atomic E-state index is -0.0552. The molecule has 1 saturated heterocycles. The predicted octanol–water partition coefficient (Wildman–Crippen LogP) is 3.57. The maximum atomic E-state index is 13.2. The monoisotopic (exact) mass is 400 g/mol. The average molecular weight is 401 g/mol. The molecule has 160 valence electrons. The van der Waals surface area contributed by atoms with E-state index < -0.39 is 0 Å². The lowest BCUT2D eigenvalue weighted by Gasteiger charge is -2.41. The first-order valence-electron chi connectivity index (χ1n) is 11.1. The van der Waals surface area contributed by atoms with Crippen molar-refractivity contribution in [3.05, 3.63) is 29.8 Å². The molecule has 6 nitrogen and oxygen atoms in total. The van der Waals surface area contributed by atoms with Gasteiger partial charge in [-0.05, 0) is 44.2 Å². The fraction of sp³-hybridized carbons (Fsp3) is 0.652. The number of nitrogens with zero attached hydrogens (tertiary/aromatic N) is 3. The maximum absolute atomic E-state index is 13.2. The molecule has 1 aliphatic heterocycles. The van der Waals surface area contributed by atoms with E-state index >= 15 is 0 Å². The third-order valence-electron chi connectivity index (χ3n) is 6.33.